The van der Waals surface area contributed by atoms with Crippen LogP contribution in [0, 0.1) is 11.8 Å². The first-order chi connectivity index (χ1) is 26.6. The minimum atomic E-state index is -1.29. The number of H-pyrrole nitrogens is 1. The molecule has 0 spiro atoms. The Bertz CT molecular complexity index is 2100. The number of ether oxygens (including phenoxy) is 1. The van der Waals surface area contributed by atoms with E-state index in [0.29, 0.717) is 0 Å². The highest BCUT2D eigenvalue weighted by atomic mass is 16.5. The number of hydrogen-bond acceptors (Lipinski definition) is 8. The van der Waals surface area contributed by atoms with Gasteiger partial charge in [0.1, 0.15) is 24.7 Å². The van der Waals surface area contributed by atoms with Crippen molar-refractivity contribution in [2.24, 2.45) is 11.8 Å². The second-order valence-corrected chi connectivity index (χ2v) is 14.7. The third-order valence-electron chi connectivity index (χ3n) is 9.24. The Balaban J connectivity index is 1.61. The topological polar surface area (TPSA) is 198 Å². The van der Waals surface area contributed by atoms with Crippen molar-refractivity contribution in [3.8, 4) is 0 Å². The SMILES string of the molecule is CC(=O)N[C@H](C(=O)N[C@H](C(=O)N[C@@H](CC(C)C)C(=O)N[C@@H](Cc1ccccc1)C(=O)Cn1[nH]c(=O)c2ccccc2c1=O)[C@@H](C)OCc1ccccc1)C(C)C. The van der Waals surface area contributed by atoms with Crippen LogP contribution in [0.25, 0.3) is 10.8 Å². The lowest BCUT2D eigenvalue weighted by Gasteiger charge is -2.30. The third kappa shape index (κ3) is 12.1. The van der Waals surface area contributed by atoms with E-state index in [1.165, 1.54) is 19.1 Å². The molecule has 1 aromatic heterocycles. The predicted molar refractivity (Wildman–Crippen MR) is 212 cm³/mol. The molecule has 0 unspecified atom stereocenters. The molecule has 0 saturated heterocycles. The lowest BCUT2D eigenvalue weighted by atomic mass is 9.98. The molecule has 0 radical (unpaired) electrons. The number of rotatable bonds is 19. The molecular formula is C42H52N6O8. The standard InChI is InChI=1S/C42H52N6O8/c1-25(2)21-34(45-41(54)37(27(5)56-24-30-17-11-8-12-18-30)46-40(53)36(26(3)4)43-28(6)49)39(52)44-33(22-29-15-9-7-10-16-29)35(50)23-48-42(55)32-20-14-13-19-31(32)38(51)47-48/h7-20,25-27,33-34,36-37H,21-24H2,1-6H3,(H,43,49)(H,44,52)(H,45,54)(H,46,53)(H,47,51)/t27-,33+,34+,36+,37+/m1/s1. The zero-order valence-electron chi connectivity index (χ0n) is 32.7. The van der Waals surface area contributed by atoms with Crippen molar-refractivity contribution >= 4 is 40.2 Å². The summed E-state index contributed by atoms with van der Waals surface area (Å²) in [7, 11) is 0. The number of Topliss-reactive ketones (excluding diaryl/α,β-unsaturated/α-hetero) is 1. The summed E-state index contributed by atoms with van der Waals surface area (Å²) in [6, 6.07) is 20.0. The Morgan fingerprint density at radius 1 is 0.661 bits per heavy atom. The fraction of sp³-hybridized carbons (Fsp3) is 0.405. The van der Waals surface area contributed by atoms with Crippen LogP contribution in [-0.2, 0) is 48.3 Å². The first-order valence-corrected chi connectivity index (χ1v) is 18.8. The maximum atomic E-state index is 14.2. The van der Waals surface area contributed by atoms with Crippen LogP contribution in [0.4, 0.5) is 0 Å². The Hall–Kier alpha value is -5.89. The highest BCUT2D eigenvalue weighted by Crippen LogP contribution is 2.13. The fourth-order valence-corrected chi connectivity index (χ4v) is 6.25. The van der Waals surface area contributed by atoms with E-state index in [4.69, 9.17) is 4.74 Å². The van der Waals surface area contributed by atoms with Gasteiger partial charge in [-0.05, 0) is 54.9 Å². The van der Waals surface area contributed by atoms with Crippen molar-refractivity contribution in [3.63, 3.8) is 0 Å². The molecule has 1 heterocycles. The van der Waals surface area contributed by atoms with Gasteiger partial charge >= 0.3 is 0 Å². The van der Waals surface area contributed by atoms with Crippen molar-refractivity contribution in [3.05, 3.63) is 117 Å². The number of aromatic nitrogens is 2. The van der Waals surface area contributed by atoms with Crippen molar-refractivity contribution in [2.45, 2.75) is 97.8 Å². The largest absolute Gasteiger partial charge is 0.371 e. The Morgan fingerprint density at radius 3 is 1.80 bits per heavy atom. The molecule has 298 valence electrons. The third-order valence-corrected chi connectivity index (χ3v) is 9.24. The lowest BCUT2D eigenvalue weighted by Crippen LogP contribution is -2.61. The molecule has 14 nitrogen and oxygen atoms in total. The van der Waals surface area contributed by atoms with Gasteiger partial charge in [0.05, 0.1) is 29.5 Å². The number of carbonyl (C=O) groups is 5. The first-order valence-electron chi connectivity index (χ1n) is 18.8. The Labute approximate surface area is 325 Å². The molecule has 14 heteroatoms. The van der Waals surface area contributed by atoms with Crippen molar-refractivity contribution in [1.82, 2.24) is 31.0 Å². The second kappa shape index (κ2) is 20.1. The van der Waals surface area contributed by atoms with Gasteiger partial charge in [-0.2, -0.15) is 0 Å². The molecule has 3 aromatic carbocycles. The van der Waals surface area contributed by atoms with E-state index in [1.807, 2.05) is 50.2 Å². The highest BCUT2D eigenvalue weighted by molar-refractivity contribution is 5.96. The van der Waals surface area contributed by atoms with Crippen molar-refractivity contribution < 1.29 is 28.7 Å². The number of benzene rings is 3. The second-order valence-electron chi connectivity index (χ2n) is 14.7. The van der Waals surface area contributed by atoms with Crippen LogP contribution in [0.15, 0.2) is 94.5 Å². The van der Waals surface area contributed by atoms with Crippen LogP contribution in [0.1, 0.15) is 59.1 Å². The van der Waals surface area contributed by atoms with Crippen molar-refractivity contribution in [1.29, 1.82) is 0 Å². The number of carbonyl (C=O) groups excluding carboxylic acids is 5. The number of amides is 4. The van der Waals surface area contributed by atoms with Crippen LogP contribution in [-0.4, -0.2) is 69.5 Å². The van der Waals surface area contributed by atoms with Gasteiger partial charge in [-0.1, -0.05) is 100 Å². The molecule has 56 heavy (non-hydrogen) atoms. The zero-order valence-corrected chi connectivity index (χ0v) is 32.7. The molecule has 4 rings (SSSR count). The van der Waals surface area contributed by atoms with Gasteiger partial charge in [0.15, 0.2) is 5.78 Å². The average molecular weight is 769 g/mol. The monoisotopic (exact) mass is 768 g/mol. The van der Waals surface area contributed by atoms with Gasteiger partial charge < -0.3 is 26.0 Å². The number of ketones is 1. The molecular weight excluding hydrogens is 716 g/mol. The summed E-state index contributed by atoms with van der Waals surface area (Å²) in [6.07, 6.45) is -0.660. The molecule has 5 N–H and O–H groups in total. The molecule has 0 aliphatic carbocycles. The maximum Gasteiger partial charge on any atom is 0.273 e. The number of nitrogens with one attached hydrogen (secondary N) is 5. The number of nitrogens with zero attached hydrogens (tertiary/aromatic N) is 1. The zero-order chi connectivity index (χ0) is 40.9. The molecule has 5 atom stereocenters. The number of aromatic amines is 1. The molecule has 0 aliphatic rings. The van der Waals surface area contributed by atoms with E-state index in [0.717, 1.165) is 15.8 Å². The average Bonchev–Trinajstić information content (AvgIpc) is 3.16. The van der Waals surface area contributed by atoms with Crippen LogP contribution in [0.2, 0.25) is 0 Å². The van der Waals surface area contributed by atoms with Gasteiger partial charge in [-0.25, -0.2) is 4.68 Å². The molecule has 4 amide bonds. The number of fused-ring (bicyclic) bond motifs is 1. The Morgan fingerprint density at radius 2 is 1.21 bits per heavy atom. The van der Waals surface area contributed by atoms with E-state index in [-0.39, 0.29) is 42.1 Å². The summed E-state index contributed by atoms with van der Waals surface area (Å²) < 4.78 is 6.99. The summed E-state index contributed by atoms with van der Waals surface area (Å²) in [6.45, 7) is 9.77. The minimum Gasteiger partial charge on any atom is -0.371 e. The molecule has 0 bridgehead atoms. The maximum absolute atomic E-state index is 14.2. The van der Waals surface area contributed by atoms with Crippen molar-refractivity contribution in [2.75, 3.05) is 0 Å². The number of hydrogen-bond donors (Lipinski definition) is 5. The van der Waals surface area contributed by atoms with Gasteiger partial charge in [0, 0.05) is 6.92 Å². The molecule has 0 fully saturated rings. The first kappa shape index (κ1) is 42.8. The van der Waals surface area contributed by atoms with Crippen LogP contribution < -0.4 is 32.4 Å². The molecule has 0 saturated carbocycles. The quantitative estimate of drug-likeness (QED) is 0.0960. The summed E-state index contributed by atoms with van der Waals surface area (Å²) in [5.74, 6) is -3.37. The summed E-state index contributed by atoms with van der Waals surface area (Å²) in [4.78, 5) is 93.8. The normalized spacial score (nSPS) is 14.0. The van der Waals surface area contributed by atoms with E-state index in [1.54, 1.807) is 57.2 Å². The summed E-state index contributed by atoms with van der Waals surface area (Å²) in [5.41, 5.74) is 0.445. The smallest absolute Gasteiger partial charge is 0.273 e. The highest BCUT2D eigenvalue weighted by Gasteiger charge is 2.35. The van der Waals surface area contributed by atoms with Gasteiger partial charge in [-0.3, -0.25) is 38.7 Å². The summed E-state index contributed by atoms with van der Waals surface area (Å²) >= 11 is 0. The van der Waals surface area contributed by atoms with Gasteiger partial charge in [0.2, 0.25) is 23.6 Å². The van der Waals surface area contributed by atoms with Gasteiger partial charge in [-0.15, -0.1) is 0 Å². The van der Waals surface area contributed by atoms with E-state index in [2.05, 4.69) is 26.4 Å². The fourth-order valence-electron chi connectivity index (χ4n) is 6.25. The van der Waals surface area contributed by atoms with E-state index >= 15 is 0 Å². The van der Waals surface area contributed by atoms with Crippen LogP contribution in [0.3, 0.4) is 0 Å². The molecule has 4 aromatic rings. The van der Waals surface area contributed by atoms with Crippen LogP contribution in [0.5, 0.6) is 0 Å². The predicted octanol–water partition coefficient (Wildman–Crippen LogP) is 2.77. The summed E-state index contributed by atoms with van der Waals surface area (Å²) in [5, 5.41) is 13.8. The molecule has 0 aliphatic heterocycles. The van der Waals surface area contributed by atoms with Crippen LogP contribution >= 0.6 is 0 Å². The Kier molecular flexibility index (Phi) is 15.4. The van der Waals surface area contributed by atoms with E-state index in [9.17, 15) is 33.6 Å². The van der Waals surface area contributed by atoms with E-state index < -0.39 is 77.3 Å². The van der Waals surface area contributed by atoms with Gasteiger partial charge in [0.25, 0.3) is 11.1 Å². The minimum absolute atomic E-state index is 0.0586. The lowest BCUT2D eigenvalue weighted by molar-refractivity contribution is -0.138.